The van der Waals surface area contributed by atoms with E-state index in [1.165, 1.54) is 37.5 Å². The van der Waals surface area contributed by atoms with Gasteiger partial charge in [0, 0.05) is 11.6 Å². The lowest BCUT2D eigenvalue weighted by atomic mass is 10.1. The summed E-state index contributed by atoms with van der Waals surface area (Å²) in [7, 11) is 1.48. The van der Waals surface area contributed by atoms with E-state index in [4.69, 9.17) is 9.47 Å². The van der Waals surface area contributed by atoms with Gasteiger partial charge in [0.2, 0.25) is 0 Å². The Kier molecular flexibility index (Phi) is 3.46. The Balaban J connectivity index is 2.12. The molecule has 3 rings (SSSR count). The molecule has 1 aliphatic heterocycles. The zero-order valence-electron chi connectivity index (χ0n) is 12.0. The molecule has 1 heterocycles. The minimum Gasteiger partial charge on any atom is -0.508 e. The van der Waals surface area contributed by atoms with Gasteiger partial charge < -0.3 is 14.6 Å². The average Bonchev–Trinajstić information content (AvgIpc) is 2.82. The summed E-state index contributed by atoms with van der Waals surface area (Å²) in [5, 5.41) is 20.6. The molecule has 1 aliphatic rings. The highest BCUT2D eigenvalue weighted by molar-refractivity contribution is 6.06. The van der Waals surface area contributed by atoms with E-state index in [0.717, 1.165) is 0 Å². The fraction of sp³-hybridized carbons (Fsp3) is 0.0625. The molecule has 0 unspecified atom stereocenters. The maximum absolute atomic E-state index is 11.9. The number of carbonyl (C=O) groups excluding carboxylic acids is 1. The lowest BCUT2D eigenvalue weighted by Crippen LogP contribution is -1.94. The van der Waals surface area contributed by atoms with Crippen LogP contribution in [0.4, 0.5) is 5.69 Å². The largest absolute Gasteiger partial charge is 0.508 e. The Morgan fingerprint density at radius 3 is 2.70 bits per heavy atom. The fourth-order valence-corrected chi connectivity index (χ4v) is 2.32. The molecule has 0 bridgehead atoms. The highest BCUT2D eigenvalue weighted by atomic mass is 16.6. The number of fused-ring (bicyclic) bond motifs is 1. The van der Waals surface area contributed by atoms with Crippen LogP contribution in [0.25, 0.3) is 11.8 Å². The van der Waals surface area contributed by atoms with Crippen LogP contribution in [-0.4, -0.2) is 23.1 Å². The van der Waals surface area contributed by atoms with E-state index in [1.807, 2.05) is 0 Å². The number of benzene rings is 2. The van der Waals surface area contributed by atoms with E-state index in [1.54, 1.807) is 12.1 Å². The zero-order chi connectivity index (χ0) is 16.6. The number of ether oxygens (including phenoxy) is 2. The van der Waals surface area contributed by atoms with Gasteiger partial charge in [-0.3, -0.25) is 10.1 Å². The Labute approximate surface area is 130 Å². The molecule has 0 spiro atoms. The molecule has 2 aromatic carbocycles. The van der Waals surface area contributed by atoms with Gasteiger partial charge in [-0.1, -0.05) is 0 Å². The Hall–Kier alpha value is -3.35. The molecular formula is C16H11NO6. The van der Waals surface area contributed by atoms with Gasteiger partial charge in [0.1, 0.15) is 17.3 Å². The molecular weight excluding hydrogens is 302 g/mol. The van der Waals surface area contributed by atoms with E-state index in [9.17, 15) is 20.0 Å². The van der Waals surface area contributed by atoms with Gasteiger partial charge in [0.15, 0.2) is 0 Å². The van der Waals surface area contributed by atoms with E-state index in [2.05, 4.69) is 0 Å². The number of methoxy groups -OCH3 is 1. The second-order valence-electron chi connectivity index (χ2n) is 4.81. The summed E-state index contributed by atoms with van der Waals surface area (Å²) >= 11 is 0. The Morgan fingerprint density at radius 2 is 2.00 bits per heavy atom. The summed E-state index contributed by atoms with van der Waals surface area (Å²) < 4.78 is 10.2. The highest BCUT2D eigenvalue weighted by Gasteiger charge is 2.28. The van der Waals surface area contributed by atoms with Crippen LogP contribution in [0.15, 0.2) is 36.4 Å². The highest BCUT2D eigenvalue weighted by Crippen LogP contribution is 2.35. The first-order valence-corrected chi connectivity index (χ1v) is 6.59. The molecule has 0 saturated carbocycles. The summed E-state index contributed by atoms with van der Waals surface area (Å²) in [6.45, 7) is 0. The number of phenolic OH excluding ortho intramolecular Hbond substituents is 1. The molecule has 0 fully saturated rings. The topological polar surface area (TPSA) is 98.9 Å². The predicted molar refractivity (Wildman–Crippen MR) is 81.0 cm³/mol. The van der Waals surface area contributed by atoms with Crippen molar-refractivity contribution in [1.82, 2.24) is 0 Å². The molecule has 0 aromatic heterocycles. The molecule has 0 aliphatic carbocycles. The number of hydrogen-bond acceptors (Lipinski definition) is 6. The lowest BCUT2D eigenvalue weighted by molar-refractivity contribution is -0.385. The van der Waals surface area contributed by atoms with Crippen molar-refractivity contribution in [1.29, 1.82) is 0 Å². The smallest absolute Gasteiger partial charge is 0.344 e. The predicted octanol–water partition coefficient (Wildman–Crippen LogP) is 2.98. The van der Waals surface area contributed by atoms with Crippen LogP contribution in [-0.2, 0) is 4.74 Å². The van der Waals surface area contributed by atoms with Crippen LogP contribution in [0, 0.1) is 10.1 Å². The standard InChI is InChI=1S/C16H11NO6/c1-22-11-3-4-12-13(8-11)16(19)23-15(12)7-9-6-10(18)2-5-14(9)17(20)21/h2-8,18H,1H3/b15-7+. The van der Waals surface area contributed by atoms with Crippen LogP contribution >= 0.6 is 0 Å². The molecule has 116 valence electrons. The average molecular weight is 313 g/mol. The first kappa shape index (κ1) is 14.6. The molecule has 0 radical (unpaired) electrons. The van der Waals surface area contributed by atoms with Crippen molar-refractivity contribution in [3.63, 3.8) is 0 Å². The first-order valence-electron chi connectivity index (χ1n) is 6.59. The van der Waals surface area contributed by atoms with Crippen LogP contribution in [0.1, 0.15) is 21.5 Å². The Morgan fingerprint density at radius 1 is 1.22 bits per heavy atom. The maximum atomic E-state index is 11.9. The minimum atomic E-state index is -0.572. The number of aromatic hydroxyl groups is 1. The van der Waals surface area contributed by atoms with Crippen LogP contribution in [0.2, 0.25) is 0 Å². The van der Waals surface area contributed by atoms with E-state index in [-0.39, 0.29) is 22.8 Å². The van der Waals surface area contributed by atoms with Crippen molar-refractivity contribution < 1.29 is 24.3 Å². The summed E-state index contributed by atoms with van der Waals surface area (Å²) in [6.07, 6.45) is 1.36. The van der Waals surface area contributed by atoms with Gasteiger partial charge in [-0.25, -0.2) is 4.79 Å². The van der Waals surface area contributed by atoms with Crippen molar-refractivity contribution in [3.8, 4) is 11.5 Å². The summed E-state index contributed by atoms with van der Waals surface area (Å²) in [6, 6.07) is 8.48. The van der Waals surface area contributed by atoms with E-state index < -0.39 is 10.9 Å². The normalized spacial score (nSPS) is 14.5. The number of phenols is 1. The third kappa shape index (κ3) is 2.59. The molecule has 7 heteroatoms. The second-order valence-corrected chi connectivity index (χ2v) is 4.81. The Bertz CT molecular complexity index is 856. The van der Waals surface area contributed by atoms with Crippen molar-refractivity contribution >= 4 is 23.5 Å². The quantitative estimate of drug-likeness (QED) is 0.531. The maximum Gasteiger partial charge on any atom is 0.344 e. The molecule has 7 nitrogen and oxygen atoms in total. The third-order valence-corrected chi connectivity index (χ3v) is 3.41. The van der Waals surface area contributed by atoms with Crippen molar-refractivity contribution in [2.24, 2.45) is 0 Å². The van der Waals surface area contributed by atoms with Crippen LogP contribution in [0.5, 0.6) is 11.5 Å². The van der Waals surface area contributed by atoms with Gasteiger partial charge in [0.05, 0.1) is 23.2 Å². The van der Waals surface area contributed by atoms with Gasteiger partial charge in [-0.2, -0.15) is 0 Å². The van der Waals surface area contributed by atoms with Crippen LogP contribution < -0.4 is 4.74 Å². The summed E-state index contributed by atoms with van der Waals surface area (Å²) in [4.78, 5) is 22.4. The fourth-order valence-electron chi connectivity index (χ4n) is 2.32. The third-order valence-electron chi connectivity index (χ3n) is 3.41. The summed E-state index contributed by atoms with van der Waals surface area (Å²) in [5.41, 5.74) is 0.765. The van der Waals surface area contributed by atoms with Crippen LogP contribution in [0.3, 0.4) is 0 Å². The molecule has 23 heavy (non-hydrogen) atoms. The second kappa shape index (κ2) is 5.45. The number of cyclic esters (lactones) is 1. The summed E-state index contributed by atoms with van der Waals surface area (Å²) in [5.74, 6) is 0.00123. The molecule has 0 saturated heterocycles. The van der Waals surface area contributed by atoms with Crippen molar-refractivity contribution in [3.05, 3.63) is 63.2 Å². The van der Waals surface area contributed by atoms with E-state index in [0.29, 0.717) is 16.9 Å². The molecule has 1 N–H and O–H groups in total. The number of nitrogens with zero attached hydrogens (tertiary/aromatic N) is 1. The van der Waals surface area contributed by atoms with Gasteiger partial charge in [0.25, 0.3) is 5.69 Å². The number of rotatable bonds is 3. The monoisotopic (exact) mass is 313 g/mol. The number of nitro benzene ring substituents is 1. The van der Waals surface area contributed by atoms with Crippen molar-refractivity contribution in [2.75, 3.05) is 7.11 Å². The van der Waals surface area contributed by atoms with Gasteiger partial charge >= 0.3 is 5.97 Å². The first-order chi connectivity index (χ1) is 11.0. The number of carbonyl (C=O) groups is 1. The number of esters is 1. The number of nitro groups is 1. The van der Waals surface area contributed by atoms with Gasteiger partial charge in [-0.15, -0.1) is 0 Å². The zero-order valence-corrected chi connectivity index (χ0v) is 12.0. The van der Waals surface area contributed by atoms with E-state index >= 15 is 0 Å². The molecule has 0 atom stereocenters. The van der Waals surface area contributed by atoms with Crippen molar-refractivity contribution in [2.45, 2.75) is 0 Å². The number of hydrogen-bond donors (Lipinski definition) is 1. The lowest BCUT2D eigenvalue weighted by Gasteiger charge is -2.02. The molecule has 0 amide bonds. The molecule has 2 aromatic rings. The SMILES string of the molecule is COc1ccc2c(c1)C(=O)O/C2=C/c1cc(O)ccc1[N+](=O)[O-]. The minimum absolute atomic E-state index is 0.123. The van der Waals surface area contributed by atoms with Gasteiger partial charge in [-0.05, 0) is 36.4 Å².